The third-order valence-corrected chi connectivity index (χ3v) is 6.19. The smallest absolute Gasteiger partial charge is 0.142 e. The number of hydrogen-bond acceptors (Lipinski definition) is 3. The van der Waals surface area contributed by atoms with E-state index < -0.39 is 0 Å². The second kappa shape index (κ2) is 10.4. The van der Waals surface area contributed by atoms with Crippen molar-refractivity contribution in [3.05, 3.63) is 108 Å². The van der Waals surface area contributed by atoms with E-state index in [0.717, 1.165) is 56.9 Å². The Morgan fingerprint density at radius 2 is 1.85 bits per heavy atom. The molecule has 3 heteroatoms. The number of para-hydroxylation sites is 2. The molecule has 4 rings (SSSR count). The van der Waals surface area contributed by atoms with Gasteiger partial charge in [-0.1, -0.05) is 73.3 Å². The van der Waals surface area contributed by atoms with Crippen molar-refractivity contribution in [1.82, 2.24) is 5.32 Å². The zero-order valence-corrected chi connectivity index (χ0v) is 20.4. The lowest BCUT2D eigenvalue weighted by Crippen LogP contribution is -2.12. The summed E-state index contributed by atoms with van der Waals surface area (Å²) < 4.78 is 6.29. The molecular weight excluding hydrogens is 416 g/mol. The predicted molar refractivity (Wildman–Crippen MR) is 148 cm³/mol. The number of hydrogen-bond donors (Lipinski definition) is 1. The van der Waals surface area contributed by atoms with Crippen LogP contribution in [-0.4, -0.2) is 20.6 Å². The van der Waals surface area contributed by atoms with Gasteiger partial charge in [-0.05, 0) is 56.3 Å². The van der Waals surface area contributed by atoms with E-state index in [9.17, 15) is 0 Å². The standard InChI is InChI=1S/C31H32N2O/c1-6-12-30-22(3)26-16-11-17-28(31(26)34-30)24-13-10-14-25(21-24)33(5)29-18-9-8-15-27(29)23(7-2)19-20-32-4/h6-19,21,32H,2,20H2,1,3-5H3/b12-6-,23-19+. The average Bonchev–Trinajstić information content (AvgIpc) is 3.20. The molecule has 172 valence electrons. The summed E-state index contributed by atoms with van der Waals surface area (Å²) in [5.41, 5.74) is 8.82. The number of aryl methyl sites for hydroxylation is 1. The van der Waals surface area contributed by atoms with Crippen molar-refractivity contribution in [2.75, 3.05) is 25.5 Å². The van der Waals surface area contributed by atoms with Crippen molar-refractivity contribution in [2.24, 2.45) is 0 Å². The summed E-state index contributed by atoms with van der Waals surface area (Å²) in [6.45, 7) is 8.95. The van der Waals surface area contributed by atoms with Crippen LogP contribution in [0.3, 0.4) is 0 Å². The molecule has 1 N–H and O–H groups in total. The lowest BCUT2D eigenvalue weighted by molar-refractivity contribution is 0.602. The molecule has 1 aromatic heterocycles. The van der Waals surface area contributed by atoms with E-state index in [1.165, 1.54) is 5.56 Å². The Morgan fingerprint density at radius 1 is 1.06 bits per heavy atom. The highest BCUT2D eigenvalue weighted by molar-refractivity contribution is 5.96. The van der Waals surface area contributed by atoms with Crippen LogP contribution in [-0.2, 0) is 0 Å². The number of allylic oxidation sites excluding steroid dienone is 3. The summed E-state index contributed by atoms with van der Waals surface area (Å²) in [5.74, 6) is 0.914. The summed E-state index contributed by atoms with van der Waals surface area (Å²) in [7, 11) is 4.06. The summed E-state index contributed by atoms with van der Waals surface area (Å²) in [4.78, 5) is 2.23. The Labute approximate surface area is 202 Å². The van der Waals surface area contributed by atoms with Crippen LogP contribution in [0, 0.1) is 6.92 Å². The lowest BCUT2D eigenvalue weighted by atomic mass is 10.00. The first-order valence-corrected chi connectivity index (χ1v) is 11.6. The normalized spacial score (nSPS) is 11.9. The van der Waals surface area contributed by atoms with Crippen LogP contribution in [0.4, 0.5) is 11.4 Å². The van der Waals surface area contributed by atoms with Gasteiger partial charge in [-0.3, -0.25) is 0 Å². The van der Waals surface area contributed by atoms with E-state index in [-0.39, 0.29) is 0 Å². The Hall–Kier alpha value is -3.82. The van der Waals surface area contributed by atoms with Gasteiger partial charge in [0.25, 0.3) is 0 Å². The largest absolute Gasteiger partial charge is 0.456 e. The van der Waals surface area contributed by atoms with E-state index in [4.69, 9.17) is 4.42 Å². The van der Waals surface area contributed by atoms with Gasteiger partial charge < -0.3 is 14.6 Å². The quantitative estimate of drug-likeness (QED) is 0.277. The second-order valence-electron chi connectivity index (χ2n) is 8.32. The Balaban J connectivity index is 1.78. The first-order chi connectivity index (χ1) is 16.6. The van der Waals surface area contributed by atoms with E-state index >= 15 is 0 Å². The molecule has 0 aliphatic heterocycles. The predicted octanol–water partition coefficient (Wildman–Crippen LogP) is 8.00. The van der Waals surface area contributed by atoms with Crippen molar-refractivity contribution in [3.63, 3.8) is 0 Å². The molecule has 0 atom stereocenters. The van der Waals surface area contributed by atoms with Crippen LogP contribution in [0.15, 0.2) is 96.0 Å². The fourth-order valence-electron chi connectivity index (χ4n) is 4.35. The first-order valence-electron chi connectivity index (χ1n) is 11.6. The van der Waals surface area contributed by atoms with E-state index in [2.05, 4.69) is 104 Å². The number of benzene rings is 3. The third kappa shape index (κ3) is 4.48. The van der Waals surface area contributed by atoms with Gasteiger partial charge in [0.2, 0.25) is 0 Å². The highest BCUT2D eigenvalue weighted by atomic mass is 16.3. The Bertz CT molecular complexity index is 1370. The molecule has 0 amide bonds. The van der Waals surface area contributed by atoms with Crippen molar-refractivity contribution >= 4 is 34.0 Å². The number of rotatable bonds is 8. The maximum Gasteiger partial charge on any atom is 0.142 e. The minimum Gasteiger partial charge on any atom is -0.456 e. The lowest BCUT2D eigenvalue weighted by Gasteiger charge is -2.24. The fraction of sp³-hybridized carbons (Fsp3) is 0.161. The fourth-order valence-corrected chi connectivity index (χ4v) is 4.35. The molecule has 0 saturated heterocycles. The molecule has 0 unspecified atom stereocenters. The van der Waals surface area contributed by atoms with Crippen molar-refractivity contribution in [1.29, 1.82) is 0 Å². The molecule has 0 fully saturated rings. The molecule has 34 heavy (non-hydrogen) atoms. The van der Waals surface area contributed by atoms with Gasteiger partial charge in [0.1, 0.15) is 11.3 Å². The monoisotopic (exact) mass is 448 g/mol. The summed E-state index contributed by atoms with van der Waals surface area (Å²) >= 11 is 0. The molecular formula is C31H32N2O. The zero-order chi connectivity index (χ0) is 24.1. The molecule has 0 aliphatic carbocycles. The summed E-state index contributed by atoms with van der Waals surface area (Å²) in [6.07, 6.45) is 8.13. The molecule has 0 aliphatic rings. The van der Waals surface area contributed by atoms with Crippen LogP contribution in [0.2, 0.25) is 0 Å². The van der Waals surface area contributed by atoms with Crippen LogP contribution in [0.25, 0.3) is 33.7 Å². The van der Waals surface area contributed by atoms with Gasteiger partial charge >= 0.3 is 0 Å². The summed E-state index contributed by atoms with van der Waals surface area (Å²) in [6, 6.07) is 23.4. The van der Waals surface area contributed by atoms with Crippen molar-refractivity contribution in [2.45, 2.75) is 13.8 Å². The van der Waals surface area contributed by atoms with E-state index in [0.29, 0.717) is 0 Å². The number of likely N-dealkylation sites (N-methyl/N-ethyl adjacent to an activating group) is 1. The minimum absolute atomic E-state index is 0.788. The van der Waals surface area contributed by atoms with Crippen LogP contribution in [0.5, 0.6) is 0 Å². The van der Waals surface area contributed by atoms with Gasteiger partial charge in [-0.2, -0.15) is 0 Å². The minimum atomic E-state index is 0.788. The van der Waals surface area contributed by atoms with Crippen LogP contribution in [0.1, 0.15) is 23.8 Å². The van der Waals surface area contributed by atoms with Gasteiger partial charge in [0.05, 0.1) is 0 Å². The van der Waals surface area contributed by atoms with Gasteiger partial charge in [0.15, 0.2) is 0 Å². The molecule has 0 bridgehead atoms. The Kier molecular flexibility index (Phi) is 7.15. The van der Waals surface area contributed by atoms with Gasteiger partial charge in [0, 0.05) is 47.0 Å². The number of nitrogens with zero attached hydrogens (tertiary/aromatic N) is 1. The van der Waals surface area contributed by atoms with Crippen LogP contribution < -0.4 is 10.2 Å². The molecule has 4 aromatic rings. The average molecular weight is 449 g/mol. The summed E-state index contributed by atoms with van der Waals surface area (Å²) in [5, 5.41) is 4.34. The van der Waals surface area contributed by atoms with E-state index in [1.54, 1.807) is 0 Å². The SMILES string of the molecule is C=C/C(=C\CNC)c1ccccc1N(C)c1cccc(-c2cccc3c(C)c(/C=C\C)oc23)c1. The van der Waals surface area contributed by atoms with Crippen LogP contribution >= 0.6 is 0 Å². The second-order valence-corrected chi connectivity index (χ2v) is 8.32. The molecule has 3 aromatic carbocycles. The number of furan rings is 1. The Morgan fingerprint density at radius 3 is 2.62 bits per heavy atom. The van der Waals surface area contributed by atoms with E-state index in [1.807, 2.05) is 32.2 Å². The highest BCUT2D eigenvalue weighted by Crippen LogP contribution is 2.37. The van der Waals surface area contributed by atoms with Crippen molar-refractivity contribution in [3.8, 4) is 11.1 Å². The third-order valence-electron chi connectivity index (χ3n) is 6.19. The highest BCUT2D eigenvalue weighted by Gasteiger charge is 2.15. The maximum absolute atomic E-state index is 6.29. The number of fused-ring (bicyclic) bond motifs is 1. The van der Waals surface area contributed by atoms with Crippen molar-refractivity contribution < 1.29 is 4.42 Å². The maximum atomic E-state index is 6.29. The molecule has 0 saturated carbocycles. The topological polar surface area (TPSA) is 28.4 Å². The molecule has 1 heterocycles. The molecule has 0 radical (unpaired) electrons. The zero-order valence-electron chi connectivity index (χ0n) is 20.4. The van der Waals surface area contributed by atoms with Gasteiger partial charge in [-0.25, -0.2) is 0 Å². The number of nitrogens with one attached hydrogen (secondary N) is 1. The number of anilines is 2. The molecule has 3 nitrogen and oxygen atoms in total. The molecule has 0 spiro atoms. The first kappa shape index (κ1) is 23.3. The van der Waals surface area contributed by atoms with Gasteiger partial charge in [-0.15, -0.1) is 0 Å².